The monoisotopic (exact) mass is 356 g/mol. The number of hydrogen-bond donors (Lipinski definition) is 0. The highest BCUT2D eigenvalue weighted by molar-refractivity contribution is 7.07. The van der Waals surface area contributed by atoms with Crippen LogP contribution >= 0.6 is 11.3 Å². The van der Waals surface area contributed by atoms with Crippen molar-refractivity contribution in [3.8, 4) is 5.75 Å². The lowest BCUT2D eigenvalue weighted by atomic mass is 10.1. The van der Waals surface area contributed by atoms with Crippen molar-refractivity contribution in [1.82, 2.24) is 4.98 Å². The number of hydrogen-bond acceptors (Lipinski definition) is 4. The van der Waals surface area contributed by atoms with Crippen LogP contribution in [0.1, 0.15) is 23.0 Å². The summed E-state index contributed by atoms with van der Waals surface area (Å²) < 4.78 is 18.8. The van der Waals surface area contributed by atoms with E-state index in [0.29, 0.717) is 30.2 Å². The van der Waals surface area contributed by atoms with Crippen LogP contribution in [0.25, 0.3) is 0 Å². The lowest BCUT2D eigenvalue weighted by Gasteiger charge is -2.21. The molecule has 0 bridgehead atoms. The molecule has 4 nitrogen and oxygen atoms in total. The van der Waals surface area contributed by atoms with Gasteiger partial charge < -0.3 is 9.64 Å². The molecule has 1 aromatic heterocycles. The van der Waals surface area contributed by atoms with Crippen molar-refractivity contribution in [2.75, 3.05) is 11.4 Å². The highest BCUT2D eigenvalue weighted by atomic mass is 32.1. The van der Waals surface area contributed by atoms with Gasteiger partial charge in [-0.05, 0) is 49.4 Å². The number of aromatic nitrogens is 1. The van der Waals surface area contributed by atoms with E-state index in [-0.39, 0.29) is 11.7 Å². The van der Waals surface area contributed by atoms with Crippen LogP contribution in [-0.4, -0.2) is 17.4 Å². The largest absolute Gasteiger partial charge is 0.487 e. The Morgan fingerprint density at radius 2 is 2.04 bits per heavy atom. The second-order valence-corrected chi connectivity index (χ2v) is 6.04. The summed E-state index contributed by atoms with van der Waals surface area (Å²) in [5.41, 5.74) is 3.77. The summed E-state index contributed by atoms with van der Waals surface area (Å²) >= 11 is 1.51. The summed E-state index contributed by atoms with van der Waals surface area (Å²) in [5, 5.41) is 1.92. The third kappa shape index (κ3) is 4.22. The standard InChI is InChI=1S/C19H17FN2O2S/c1-2-22(17-8-6-15(20)7-9-17)19(23)14-4-3-5-18(10-14)24-11-16-12-25-13-21-16/h3-10,12-13H,2,11H2,1H3. The minimum Gasteiger partial charge on any atom is -0.487 e. The van der Waals surface area contributed by atoms with Crippen molar-refractivity contribution < 1.29 is 13.9 Å². The summed E-state index contributed by atoms with van der Waals surface area (Å²) in [6.45, 7) is 2.72. The molecule has 0 spiro atoms. The summed E-state index contributed by atoms with van der Waals surface area (Å²) in [6.07, 6.45) is 0. The van der Waals surface area contributed by atoms with E-state index in [2.05, 4.69) is 4.98 Å². The molecular formula is C19H17FN2O2S. The Balaban J connectivity index is 1.76. The van der Waals surface area contributed by atoms with Gasteiger partial charge in [-0.25, -0.2) is 9.37 Å². The van der Waals surface area contributed by atoms with Crippen molar-refractivity contribution in [3.63, 3.8) is 0 Å². The van der Waals surface area contributed by atoms with Gasteiger partial charge in [0.1, 0.15) is 18.2 Å². The van der Waals surface area contributed by atoms with Gasteiger partial charge >= 0.3 is 0 Å². The molecule has 0 atom stereocenters. The first-order chi connectivity index (χ1) is 12.2. The van der Waals surface area contributed by atoms with Crippen LogP contribution in [0, 0.1) is 5.82 Å². The van der Waals surface area contributed by atoms with E-state index in [1.54, 1.807) is 46.8 Å². The molecule has 0 fully saturated rings. The van der Waals surface area contributed by atoms with Crippen LogP contribution < -0.4 is 9.64 Å². The number of ether oxygens (including phenoxy) is 1. The van der Waals surface area contributed by atoms with Crippen LogP contribution in [-0.2, 0) is 6.61 Å². The Kier molecular flexibility index (Phi) is 5.40. The molecule has 6 heteroatoms. The van der Waals surface area contributed by atoms with E-state index in [0.717, 1.165) is 5.69 Å². The smallest absolute Gasteiger partial charge is 0.258 e. The van der Waals surface area contributed by atoms with E-state index in [4.69, 9.17) is 4.74 Å². The lowest BCUT2D eigenvalue weighted by Crippen LogP contribution is -2.30. The Hall–Kier alpha value is -2.73. The highest BCUT2D eigenvalue weighted by Gasteiger charge is 2.16. The maximum absolute atomic E-state index is 13.1. The number of benzene rings is 2. The Bertz CT molecular complexity index is 835. The number of halogens is 1. The molecular weight excluding hydrogens is 339 g/mol. The summed E-state index contributed by atoms with van der Waals surface area (Å²) in [7, 11) is 0. The number of carbonyl (C=O) groups is 1. The van der Waals surface area contributed by atoms with E-state index in [1.165, 1.54) is 23.5 Å². The van der Waals surface area contributed by atoms with Crippen LogP contribution in [0.4, 0.5) is 10.1 Å². The van der Waals surface area contributed by atoms with E-state index in [1.807, 2.05) is 12.3 Å². The quantitative estimate of drug-likeness (QED) is 0.652. The predicted octanol–water partition coefficient (Wildman–Crippen LogP) is 4.53. The molecule has 3 aromatic rings. The first-order valence-corrected chi connectivity index (χ1v) is 8.79. The molecule has 3 rings (SSSR count). The number of nitrogens with zero attached hydrogens (tertiary/aromatic N) is 2. The van der Waals surface area contributed by atoms with Crippen LogP contribution in [0.15, 0.2) is 59.4 Å². The van der Waals surface area contributed by atoms with Gasteiger partial charge in [-0.2, -0.15) is 0 Å². The zero-order valence-corrected chi connectivity index (χ0v) is 14.5. The van der Waals surface area contributed by atoms with Crippen molar-refractivity contribution >= 4 is 22.9 Å². The molecule has 0 saturated heterocycles. The molecule has 128 valence electrons. The fraction of sp³-hybridized carbons (Fsp3) is 0.158. The van der Waals surface area contributed by atoms with Gasteiger partial charge in [0.15, 0.2) is 0 Å². The van der Waals surface area contributed by atoms with Gasteiger partial charge in [0, 0.05) is 23.2 Å². The van der Waals surface area contributed by atoms with Crippen LogP contribution in [0.5, 0.6) is 5.75 Å². The zero-order chi connectivity index (χ0) is 17.6. The third-order valence-corrected chi connectivity index (χ3v) is 4.29. The van der Waals surface area contributed by atoms with Gasteiger partial charge in [-0.1, -0.05) is 6.07 Å². The van der Waals surface area contributed by atoms with E-state index < -0.39 is 0 Å². The van der Waals surface area contributed by atoms with Gasteiger partial charge in [0.25, 0.3) is 5.91 Å². The number of thiazole rings is 1. The first kappa shape index (κ1) is 17.1. The van der Waals surface area contributed by atoms with Gasteiger partial charge in [0.2, 0.25) is 0 Å². The topological polar surface area (TPSA) is 42.4 Å². The first-order valence-electron chi connectivity index (χ1n) is 7.84. The molecule has 2 aromatic carbocycles. The average Bonchev–Trinajstić information content (AvgIpc) is 3.16. The molecule has 25 heavy (non-hydrogen) atoms. The van der Waals surface area contributed by atoms with Gasteiger partial charge in [0.05, 0.1) is 11.2 Å². The fourth-order valence-corrected chi connectivity index (χ4v) is 2.95. The lowest BCUT2D eigenvalue weighted by molar-refractivity contribution is 0.0988. The Morgan fingerprint density at radius 3 is 2.72 bits per heavy atom. The third-order valence-electron chi connectivity index (χ3n) is 3.65. The van der Waals surface area contributed by atoms with Crippen molar-refractivity contribution in [1.29, 1.82) is 0 Å². The Morgan fingerprint density at radius 1 is 1.24 bits per heavy atom. The molecule has 0 unspecified atom stereocenters. The summed E-state index contributed by atoms with van der Waals surface area (Å²) in [5.74, 6) is 0.118. The van der Waals surface area contributed by atoms with E-state index in [9.17, 15) is 9.18 Å². The average molecular weight is 356 g/mol. The van der Waals surface area contributed by atoms with Crippen molar-refractivity contribution in [2.45, 2.75) is 13.5 Å². The molecule has 0 radical (unpaired) electrons. The minimum atomic E-state index is -0.329. The second-order valence-electron chi connectivity index (χ2n) is 5.32. The van der Waals surface area contributed by atoms with Gasteiger partial charge in [-0.15, -0.1) is 11.3 Å². The normalized spacial score (nSPS) is 10.5. The molecule has 0 aliphatic carbocycles. The fourth-order valence-electron chi connectivity index (χ4n) is 2.41. The van der Waals surface area contributed by atoms with Gasteiger partial charge in [-0.3, -0.25) is 4.79 Å². The maximum Gasteiger partial charge on any atom is 0.258 e. The SMILES string of the molecule is CCN(C(=O)c1cccc(OCc2cscn2)c1)c1ccc(F)cc1. The highest BCUT2D eigenvalue weighted by Crippen LogP contribution is 2.21. The second kappa shape index (κ2) is 7.90. The molecule has 0 N–H and O–H groups in total. The van der Waals surface area contributed by atoms with Crippen molar-refractivity contribution in [2.24, 2.45) is 0 Å². The summed E-state index contributed by atoms with van der Waals surface area (Å²) in [6, 6.07) is 12.9. The maximum atomic E-state index is 13.1. The number of rotatable bonds is 6. The van der Waals surface area contributed by atoms with Crippen LogP contribution in [0.3, 0.4) is 0 Å². The van der Waals surface area contributed by atoms with E-state index >= 15 is 0 Å². The molecule has 1 amide bonds. The molecule has 0 aliphatic heterocycles. The van der Waals surface area contributed by atoms with Crippen molar-refractivity contribution in [3.05, 3.63) is 76.5 Å². The zero-order valence-electron chi connectivity index (χ0n) is 13.7. The summed E-state index contributed by atoms with van der Waals surface area (Å²) in [4.78, 5) is 18.6. The minimum absolute atomic E-state index is 0.159. The molecule has 0 aliphatic rings. The predicted molar refractivity (Wildman–Crippen MR) is 96.6 cm³/mol. The number of carbonyl (C=O) groups excluding carboxylic acids is 1. The van der Waals surface area contributed by atoms with Crippen LogP contribution in [0.2, 0.25) is 0 Å². The number of anilines is 1. The molecule has 0 saturated carbocycles. The Labute approximate surface area is 149 Å². The number of amides is 1. The molecule has 1 heterocycles.